The summed E-state index contributed by atoms with van der Waals surface area (Å²) < 4.78 is 35.8. The summed E-state index contributed by atoms with van der Waals surface area (Å²) in [5.41, 5.74) is 0. The molecule has 2 unspecified atom stereocenters. The molecule has 2 nitrogen and oxygen atoms in total. The van der Waals surface area contributed by atoms with Gasteiger partial charge >= 0.3 is 6.18 Å². The largest absolute Gasteiger partial charge is 0.390 e. The van der Waals surface area contributed by atoms with Crippen molar-refractivity contribution in [1.82, 2.24) is 10.6 Å². The highest BCUT2D eigenvalue weighted by atomic mass is 19.4. The van der Waals surface area contributed by atoms with E-state index in [1.807, 2.05) is 0 Å². The summed E-state index contributed by atoms with van der Waals surface area (Å²) in [6, 6.07) is -0.0894. The van der Waals surface area contributed by atoms with Crippen molar-refractivity contribution in [2.24, 2.45) is 0 Å². The van der Waals surface area contributed by atoms with Gasteiger partial charge in [0.15, 0.2) is 0 Å². The van der Waals surface area contributed by atoms with E-state index in [9.17, 15) is 13.2 Å². The molecule has 0 rings (SSSR count). The van der Waals surface area contributed by atoms with E-state index in [0.29, 0.717) is 19.1 Å². The molecule has 0 heterocycles. The molecule has 2 N–H and O–H groups in total. The number of hydrogen-bond acceptors (Lipinski definition) is 2. The third-order valence-electron chi connectivity index (χ3n) is 2.26. The van der Waals surface area contributed by atoms with Gasteiger partial charge in [-0.05, 0) is 20.3 Å². The zero-order chi connectivity index (χ0) is 11.9. The van der Waals surface area contributed by atoms with E-state index < -0.39 is 18.6 Å². The number of nitrogens with one attached hydrogen (secondary N) is 2. The average molecular weight is 226 g/mol. The number of rotatable bonds is 7. The van der Waals surface area contributed by atoms with Crippen LogP contribution in [0.2, 0.25) is 0 Å². The Bertz CT molecular complexity index is 159. The maximum absolute atomic E-state index is 11.9. The second-order valence-electron chi connectivity index (χ2n) is 3.94. The number of halogens is 3. The second kappa shape index (κ2) is 7.06. The molecular weight excluding hydrogens is 205 g/mol. The molecule has 0 aromatic rings. The molecule has 15 heavy (non-hydrogen) atoms. The van der Waals surface area contributed by atoms with Gasteiger partial charge in [-0.25, -0.2) is 0 Å². The Morgan fingerprint density at radius 3 is 1.87 bits per heavy atom. The molecule has 0 aromatic carbocycles. The highest BCUT2D eigenvalue weighted by Crippen LogP contribution is 2.20. The lowest BCUT2D eigenvalue weighted by atomic mass is 10.2. The predicted molar refractivity (Wildman–Crippen MR) is 55.9 cm³/mol. The van der Waals surface area contributed by atoms with Gasteiger partial charge in [-0.3, -0.25) is 0 Å². The normalized spacial score (nSPS) is 16.4. The fourth-order valence-electron chi connectivity index (χ4n) is 1.20. The van der Waals surface area contributed by atoms with Crippen molar-refractivity contribution < 1.29 is 13.2 Å². The van der Waals surface area contributed by atoms with E-state index >= 15 is 0 Å². The Hall–Kier alpha value is -0.290. The van der Waals surface area contributed by atoms with Gasteiger partial charge in [-0.1, -0.05) is 6.92 Å². The third kappa shape index (κ3) is 10.0. The van der Waals surface area contributed by atoms with E-state index in [-0.39, 0.29) is 0 Å². The average Bonchev–Trinajstić information content (AvgIpc) is 2.09. The molecule has 0 spiro atoms. The summed E-state index contributed by atoms with van der Waals surface area (Å²) >= 11 is 0. The molecule has 0 bridgehead atoms. The summed E-state index contributed by atoms with van der Waals surface area (Å²) in [7, 11) is 0. The van der Waals surface area contributed by atoms with Gasteiger partial charge in [0.25, 0.3) is 0 Å². The summed E-state index contributed by atoms with van der Waals surface area (Å²) in [5.74, 6) is 0. The minimum absolute atomic E-state index is 0.421. The molecule has 0 aromatic heterocycles. The number of alkyl halides is 3. The summed E-state index contributed by atoms with van der Waals surface area (Å²) in [4.78, 5) is 0. The monoisotopic (exact) mass is 226 g/mol. The Labute approximate surface area is 89.6 Å². The van der Waals surface area contributed by atoms with Gasteiger partial charge < -0.3 is 10.6 Å². The van der Waals surface area contributed by atoms with E-state index in [1.54, 1.807) is 6.92 Å². The minimum Gasteiger partial charge on any atom is -0.313 e. The van der Waals surface area contributed by atoms with E-state index in [4.69, 9.17) is 0 Å². The first-order valence-electron chi connectivity index (χ1n) is 5.38. The van der Waals surface area contributed by atoms with Crippen LogP contribution in [0.5, 0.6) is 0 Å². The van der Waals surface area contributed by atoms with Crippen LogP contribution in [0.4, 0.5) is 13.2 Å². The molecule has 0 saturated heterocycles. The Morgan fingerprint density at radius 1 is 1.00 bits per heavy atom. The minimum atomic E-state index is -4.07. The first kappa shape index (κ1) is 14.7. The van der Waals surface area contributed by atoms with Crippen molar-refractivity contribution in [3.63, 3.8) is 0 Å². The van der Waals surface area contributed by atoms with Crippen molar-refractivity contribution in [1.29, 1.82) is 0 Å². The van der Waals surface area contributed by atoms with Crippen LogP contribution in [-0.2, 0) is 0 Å². The summed E-state index contributed by atoms with van der Waals surface area (Å²) in [5, 5.41) is 6.04. The van der Waals surface area contributed by atoms with E-state index in [1.165, 1.54) is 0 Å². The van der Waals surface area contributed by atoms with Crippen LogP contribution in [-0.4, -0.2) is 31.3 Å². The zero-order valence-electron chi connectivity index (χ0n) is 9.62. The smallest absolute Gasteiger partial charge is 0.313 e. The van der Waals surface area contributed by atoms with Crippen LogP contribution in [0.3, 0.4) is 0 Å². The lowest BCUT2D eigenvalue weighted by Gasteiger charge is -2.17. The lowest BCUT2D eigenvalue weighted by Crippen LogP contribution is -2.38. The maximum Gasteiger partial charge on any atom is 0.390 e. The first-order chi connectivity index (χ1) is 6.85. The number of hydrogen-bond donors (Lipinski definition) is 2. The molecule has 0 fully saturated rings. The Morgan fingerprint density at radius 2 is 1.47 bits per heavy atom. The van der Waals surface area contributed by atoms with E-state index in [0.717, 1.165) is 6.42 Å². The molecule has 0 radical (unpaired) electrons. The van der Waals surface area contributed by atoms with Gasteiger partial charge in [0.1, 0.15) is 0 Å². The van der Waals surface area contributed by atoms with Crippen molar-refractivity contribution in [3.8, 4) is 0 Å². The van der Waals surface area contributed by atoms with Crippen LogP contribution in [0, 0.1) is 0 Å². The summed E-state index contributed by atoms with van der Waals surface area (Å²) in [6.07, 6.45) is -3.81. The molecule has 5 heteroatoms. The highest BCUT2D eigenvalue weighted by Gasteiger charge is 2.29. The van der Waals surface area contributed by atoms with Crippen LogP contribution < -0.4 is 10.6 Å². The molecule has 0 aliphatic carbocycles. The van der Waals surface area contributed by atoms with E-state index in [2.05, 4.69) is 24.5 Å². The van der Waals surface area contributed by atoms with Crippen LogP contribution >= 0.6 is 0 Å². The molecule has 2 atom stereocenters. The van der Waals surface area contributed by atoms with Crippen molar-refractivity contribution in [2.45, 2.75) is 51.9 Å². The molecule has 0 saturated carbocycles. The van der Waals surface area contributed by atoms with Crippen molar-refractivity contribution in [3.05, 3.63) is 0 Å². The maximum atomic E-state index is 11.9. The predicted octanol–water partition coefficient (Wildman–Crippen LogP) is 2.30. The van der Waals surface area contributed by atoms with Gasteiger partial charge in [-0.15, -0.1) is 0 Å². The zero-order valence-corrected chi connectivity index (χ0v) is 9.62. The third-order valence-corrected chi connectivity index (χ3v) is 2.26. The standard InChI is InChI=1S/C10H21F3N2/c1-4-8(2)14-5-6-15-9(3)7-10(11,12)13/h8-9,14-15H,4-7H2,1-3H3. The fraction of sp³-hybridized carbons (Fsp3) is 1.00. The molecular formula is C10H21F3N2. The highest BCUT2D eigenvalue weighted by molar-refractivity contribution is 4.67. The van der Waals surface area contributed by atoms with Gasteiger partial charge in [0.05, 0.1) is 6.42 Å². The Kier molecular flexibility index (Phi) is 6.92. The quantitative estimate of drug-likeness (QED) is 0.651. The second-order valence-corrected chi connectivity index (χ2v) is 3.94. The van der Waals surface area contributed by atoms with Gasteiger partial charge in [0.2, 0.25) is 0 Å². The van der Waals surface area contributed by atoms with Crippen LogP contribution in [0.15, 0.2) is 0 Å². The van der Waals surface area contributed by atoms with Crippen molar-refractivity contribution >= 4 is 0 Å². The molecule has 0 aliphatic heterocycles. The molecule has 0 amide bonds. The van der Waals surface area contributed by atoms with Crippen LogP contribution in [0.25, 0.3) is 0 Å². The molecule has 0 aliphatic rings. The Balaban J connectivity index is 3.43. The lowest BCUT2D eigenvalue weighted by molar-refractivity contribution is -0.138. The van der Waals surface area contributed by atoms with Gasteiger partial charge in [0, 0.05) is 25.2 Å². The SMILES string of the molecule is CCC(C)NCCNC(C)CC(F)(F)F. The molecule has 92 valence electrons. The summed E-state index contributed by atoms with van der Waals surface area (Å²) in [6.45, 7) is 6.95. The fourth-order valence-corrected chi connectivity index (χ4v) is 1.20. The first-order valence-corrected chi connectivity index (χ1v) is 5.38. The van der Waals surface area contributed by atoms with Gasteiger partial charge in [-0.2, -0.15) is 13.2 Å². The van der Waals surface area contributed by atoms with Crippen molar-refractivity contribution in [2.75, 3.05) is 13.1 Å². The van der Waals surface area contributed by atoms with Crippen LogP contribution in [0.1, 0.15) is 33.6 Å². The topological polar surface area (TPSA) is 24.1 Å².